The Hall–Kier alpha value is -0.920. The van der Waals surface area contributed by atoms with Gasteiger partial charge in [0, 0.05) is 6.20 Å². The molecule has 11 heavy (non-hydrogen) atoms. The largest absolute Gasteiger partial charge is 0.287 e. The van der Waals surface area contributed by atoms with Crippen molar-refractivity contribution in [1.82, 2.24) is 0 Å². The van der Waals surface area contributed by atoms with Crippen LogP contribution in [0, 0.1) is 0 Å². The molecule has 0 atom stereocenters. The predicted octanol–water partition coefficient (Wildman–Crippen LogP) is 2.46. The summed E-state index contributed by atoms with van der Waals surface area (Å²) < 4.78 is 0. The van der Waals surface area contributed by atoms with Crippen LogP contribution in [0.2, 0.25) is 0 Å². The lowest BCUT2D eigenvalue weighted by Crippen LogP contribution is -2.11. The van der Waals surface area contributed by atoms with Crippen LogP contribution in [0.1, 0.15) is 27.2 Å². The Labute approximate surface area is 68.8 Å². The third-order valence-electron chi connectivity index (χ3n) is 1.19. The Morgan fingerprint density at radius 3 is 2.55 bits per heavy atom. The number of hydrogen-bond acceptors (Lipinski definition) is 2. The maximum absolute atomic E-state index is 4.31. The fraction of sp³-hybridized carbons (Fsp3) is 0.556. The Kier molecular flexibility index (Phi) is 4.42. The Morgan fingerprint density at radius 1 is 1.45 bits per heavy atom. The molecule has 0 saturated heterocycles. The minimum absolute atomic E-state index is 0.142. The fourth-order valence-corrected chi connectivity index (χ4v) is 0.605. The van der Waals surface area contributed by atoms with Crippen molar-refractivity contribution in [3.8, 4) is 0 Å². The van der Waals surface area contributed by atoms with Crippen LogP contribution >= 0.6 is 0 Å². The van der Waals surface area contributed by atoms with Crippen LogP contribution in [0.4, 0.5) is 0 Å². The average molecular weight is 152 g/mol. The van der Waals surface area contributed by atoms with E-state index in [2.05, 4.69) is 23.6 Å². The van der Waals surface area contributed by atoms with E-state index in [0.29, 0.717) is 0 Å². The zero-order valence-electron chi connectivity index (χ0n) is 7.54. The lowest BCUT2D eigenvalue weighted by Gasteiger charge is -2.12. The smallest absolute Gasteiger partial charge is 0.0745 e. The zero-order chi connectivity index (χ0) is 8.74. The van der Waals surface area contributed by atoms with Gasteiger partial charge in [0.1, 0.15) is 0 Å². The van der Waals surface area contributed by atoms with Gasteiger partial charge in [0.25, 0.3) is 0 Å². The van der Waals surface area contributed by atoms with Gasteiger partial charge in [-0.3, -0.25) is 9.98 Å². The molecule has 0 fully saturated rings. The van der Waals surface area contributed by atoms with Crippen molar-refractivity contribution in [1.29, 1.82) is 0 Å². The summed E-state index contributed by atoms with van der Waals surface area (Å²) in [5.74, 6) is 0. The van der Waals surface area contributed by atoms with Crippen molar-refractivity contribution in [2.24, 2.45) is 9.98 Å². The lowest BCUT2D eigenvalue weighted by molar-refractivity contribution is 0.658. The van der Waals surface area contributed by atoms with Crippen LogP contribution in [0.5, 0.6) is 0 Å². The first-order chi connectivity index (χ1) is 5.12. The number of aliphatic imine (C=N–C) groups is 2. The summed E-state index contributed by atoms with van der Waals surface area (Å²) in [6, 6.07) is 0. The van der Waals surface area contributed by atoms with E-state index in [9.17, 15) is 0 Å². The third kappa shape index (κ3) is 5.52. The van der Waals surface area contributed by atoms with E-state index in [-0.39, 0.29) is 5.54 Å². The highest BCUT2D eigenvalue weighted by molar-refractivity contribution is 5.57. The summed E-state index contributed by atoms with van der Waals surface area (Å²) >= 11 is 0. The SMILES string of the molecule is C=NC=CC(C)(C)N=CCC. The van der Waals surface area contributed by atoms with Gasteiger partial charge < -0.3 is 0 Å². The normalized spacial score (nSPS) is 13.0. The first-order valence-electron chi connectivity index (χ1n) is 3.79. The number of nitrogens with zero attached hydrogens (tertiary/aromatic N) is 2. The van der Waals surface area contributed by atoms with Crippen LogP contribution in [0.3, 0.4) is 0 Å². The molecule has 2 nitrogen and oxygen atoms in total. The highest BCUT2D eigenvalue weighted by Gasteiger charge is 2.08. The van der Waals surface area contributed by atoms with Crippen molar-refractivity contribution in [2.45, 2.75) is 32.7 Å². The van der Waals surface area contributed by atoms with Crippen molar-refractivity contribution < 1.29 is 0 Å². The van der Waals surface area contributed by atoms with Crippen molar-refractivity contribution >= 4 is 12.9 Å². The van der Waals surface area contributed by atoms with Gasteiger partial charge in [-0.2, -0.15) is 0 Å². The molecule has 0 saturated carbocycles. The van der Waals surface area contributed by atoms with E-state index in [1.54, 1.807) is 6.20 Å². The highest BCUT2D eigenvalue weighted by atomic mass is 14.8. The number of hydrogen-bond donors (Lipinski definition) is 0. The molecule has 0 unspecified atom stereocenters. The summed E-state index contributed by atoms with van der Waals surface area (Å²) in [5, 5.41) is 0. The molecule has 0 aromatic rings. The minimum atomic E-state index is -0.142. The van der Waals surface area contributed by atoms with Crippen LogP contribution in [0.15, 0.2) is 22.3 Å². The lowest BCUT2D eigenvalue weighted by atomic mass is 10.1. The summed E-state index contributed by atoms with van der Waals surface area (Å²) in [6.07, 6.45) is 6.48. The summed E-state index contributed by atoms with van der Waals surface area (Å²) in [7, 11) is 0. The predicted molar refractivity (Wildman–Crippen MR) is 51.6 cm³/mol. The van der Waals surface area contributed by atoms with Gasteiger partial charge in [0.15, 0.2) is 0 Å². The van der Waals surface area contributed by atoms with Gasteiger partial charge in [-0.25, -0.2) is 0 Å². The topological polar surface area (TPSA) is 24.7 Å². The van der Waals surface area contributed by atoms with Gasteiger partial charge in [-0.15, -0.1) is 0 Å². The highest BCUT2D eigenvalue weighted by Crippen LogP contribution is 2.09. The maximum atomic E-state index is 4.31. The quantitative estimate of drug-likeness (QED) is 0.553. The van der Waals surface area contributed by atoms with E-state index in [1.807, 2.05) is 26.1 Å². The molecule has 0 aromatic carbocycles. The van der Waals surface area contributed by atoms with E-state index in [1.165, 1.54) is 0 Å². The average Bonchev–Trinajstić information content (AvgIpc) is 1.97. The van der Waals surface area contributed by atoms with Gasteiger partial charge in [0.05, 0.1) is 5.54 Å². The zero-order valence-corrected chi connectivity index (χ0v) is 7.54. The Bertz CT molecular complexity index is 166. The van der Waals surface area contributed by atoms with Gasteiger partial charge in [-0.1, -0.05) is 6.92 Å². The molecule has 0 aliphatic rings. The molecular weight excluding hydrogens is 136 g/mol. The molecule has 62 valence electrons. The molecule has 0 aromatic heterocycles. The molecule has 0 rings (SSSR count). The standard InChI is InChI=1S/C9H16N2/c1-5-7-11-9(2,3)6-8-10-4/h6-8H,4-5H2,1-3H3. The van der Waals surface area contributed by atoms with E-state index in [0.717, 1.165) is 6.42 Å². The molecule has 0 aliphatic heterocycles. The second-order valence-electron chi connectivity index (χ2n) is 2.87. The van der Waals surface area contributed by atoms with Crippen LogP contribution < -0.4 is 0 Å². The Morgan fingerprint density at radius 2 is 2.09 bits per heavy atom. The molecule has 0 spiro atoms. The van der Waals surface area contributed by atoms with Gasteiger partial charge in [-0.05, 0) is 39.3 Å². The third-order valence-corrected chi connectivity index (χ3v) is 1.19. The van der Waals surface area contributed by atoms with Gasteiger partial charge in [0.2, 0.25) is 0 Å². The summed E-state index contributed by atoms with van der Waals surface area (Å²) in [6.45, 7) is 9.48. The molecule has 0 amide bonds. The first kappa shape index (κ1) is 10.1. The van der Waals surface area contributed by atoms with Crippen LogP contribution in [0.25, 0.3) is 0 Å². The second-order valence-corrected chi connectivity index (χ2v) is 2.87. The molecule has 0 N–H and O–H groups in total. The molecule has 0 bridgehead atoms. The minimum Gasteiger partial charge on any atom is -0.287 e. The van der Waals surface area contributed by atoms with Crippen molar-refractivity contribution in [3.05, 3.63) is 12.3 Å². The first-order valence-corrected chi connectivity index (χ1v) is 3.79. The number of rotatable bonds is 4. The van der Waals surface area contributed by atoms with Gasteiger partial charge >= 0.3 is 0 Å². The van der Waals surface area contributed by atoms with Crippen LogP contribution in [-0.4, -0.2) is 18.5 Å². The van der Waals surface area contributed by atoms with Crippen LogP contribution in [-0.2, 0) is 0 Å². The molecule has 0 aliphatic carbocycles. The molecular formula is C9H16N2. The Balaban J connectivity index is 4.09. The summed E-state index contributed by atoms with van der Waals surface area (Å²) in [4.78, 5) is 7.94. The fourth-order valence-electron chi connectivity index (χ4n) is 0.605. The maximum Gasteiger partial charge on any atom is 0.0745 e. The summed E-state index contributed by atoms with van der Waals surface area (Å²) in [5.41, 5.74) is -0.142. The van der Waals surface area contributed by atoms with E-state index >= 15 is 0 Å². The van der Waals surface area contributed by atoms with E-state index < -0.39 is 0 Å². The molecule has 2 heteroatoms. The monoisotopic (exact) mass is 152 g/mol. The van der Waals surface area contributed by atoms with Crippen molar-refractivity contribution in [2.75, 3.05) is 0 Å². The van der Waals surface area contributed by atoms with E-state index in [4.69, 9.17) is 0 Å². The second kappa shape index (κ2) is 4.83. The molecule has 0 heterocycles. The van der Waals surface area contributed by atoms with Crippen molar-refractivity contribution in [3.63, 3.8) is 0 Å². The molecule has 0 radical (unpaired) electrons.